The van der Waals surface area contributed by atoms with E-state index >= 15 is 0 Å². The summed E-state index contributed by atoms with van der Waals surface area (Å²) in [5.41, 5.74) is 2.56. The largest absolute Gasteiger partial charge is 0.115 e. The fraction of sp³-hybridized carbons (Fsp3) is 0.600. The molecule has 56 valence electrons. The molecule has 0 saturated heterocycles. The van der Waals surface area contributed by atoms with E-state index in [0.29, 0.717) is 0 Å². The zero-order valence-corrected chi connectivity index (χ0v) is 7.20. The van der Waals surface area contributed by atoms with Gasteiger partial charge >= 0.3 is 0 Å². The predicted octanol–water partition coefficient (Wildman–Crippen LogP) is 3.15. The molecule has 0 fully saturated rings. The monoisotopic (exact) mass is 136 g/mol. The van der Waals surface area contributed by atoms with Gasteiger partial charge in [-0.3, -0.25) is 0 Å². The van der Waals surface area contributed by atoms with Crippen LogP contribution in [0, 0.1) is 12.3 Å². The smallest absolute Gasteiger partial charge is 0.000661 e. The first-order valence-electron chi connectivity index (χ1n) is 3.91. The van der Waals surface area contributed by atoms with Gasteiger partial charge in [0.15, 0.2) is 0 Å². The Morgan fingerprint density at radius 3 is 2.30 bits per heavy atom. The molecule has 0 aliphatic carbocycles. The van der Waals surface area contributed by atoms with Crippen LogP contribution in [0.25, 0.3) is 0 Å². The molecule has 0 nitrogen and oxygen atoms in total. The van der Waals surface area contributed by atoms with Crippen molar-refractivity contribution in [3.63, 3.8) is 0 Å². The average Bonchev–Trinajstić information content (AvgIpc) is 1.99. The average molecular weight is 136 g/mol. The van der Waals surface area contributed by atoms with Crippen molar-refractivity contribution in [1.29, 1.82) is 0 Å². The van der Waals surface area contributed by atoms with Crippen LogP contribution in [0.3, 0.4) is 0 Å². The highest BCUT2D eigenvalue weighted by molar-refractivity contribution is 5.29. The summed E-state index contributed by atoms with van der Waals surface area (Å²) < 4.78 is 0. The first-order chi connectivity index (χ1) is 4.76. The molecule has 0 aromatic rings. The molecule has 0 atom stereocenters. The minimum Gasteiger partial charge on any atom is -0.115 e. The first kappa shape index (κ1) is 9.30. The van der Waals surface area contributed by atoms with Crippen LogP contribution in [-0.4, -0.2) is 0 Å². The summed E-state index contributed by atoms with van der Waals surface area (Å²) in [5.74, 6) is 2.73. The van der Waals surface area contributed by atoms with Crippen LogP contribution in [0.1, 0.15) is 40.0 Å². The molecule has 0 aliphatic rings. The molecular formula is C10H16. The molecule has 0 aromatic heterocycles. The molecule has 0 heterocycles. The van der Waals surface area contributed by atoms with Crippen molar-refractivity contribution in [3.8, 4) is 12.3 Å². The Kier molecular flexibility index (Phi) is 4.76. The van der Waals surface area contributed by atoms with Crippen molar-refractivity contribution in [2.75, 3.05) is 0 Å². The maximum atomic E-state index is 5.33. The van der Waals surface area contributed by atoms with Gasteiger partial charge in [0.2, 0.25) is 0 Å². The van der Waals surface area contributed by atoms with Gasteiger partial charge < -0.3 is 0 Å². The summed E-state index contributed by atoms with van der Waals surface area (Å²) in [6.07, 6.45) is 8.63. The molecule has 0 spiro atoms. The minimum atomic E-state index is 1.07. The lowest BCUT2D eigenvalue weighted by Gasteiger charge is -2.01. The third-order valence-electron chi connectivity index (χ3n) is 1.72. The van der Waals surface area contributed by atoms with Gasteiger partial charge in [-0.25, -0.2) is 0 Å². The van der Waals surface area contributed by atoms with E-state index in [1.165, 1.54) is 11.1 Å². The topological polar surface area (TPSA) is 0 Å². The molecule has 0 heteroatoms. The zero-order chi connectivity index (χ0) is 7.98. The van der Waals surface area contributed by atoms with Gasteiger partial charge in [-0.2, -0.15) is 0 Å². The molecule has 0 bridgehead atoms. The van der Waals surface area contributed by atoms with E-state index in [1.54, 1.807) is 0 Å². The van der Waals surface area contributed by atoms with Gasteiger partial charge in [0.05, 0.1) is 0 Å². The maximum absolute atomic E-state index is 5.33. The lowest BCUT2D eigenvalue weighted by atomic mass is 10.0. The normalized spacial score (nSPS) is 12.2. The second kappa shape index (κ2) is 5.11. The molecule has 0 unspecified atom stereocenters. The highest BCUT2D eigenvalue weighted by Crippen LogP contribution is 2.11. The SMILES string of the molecule is C#C/C(CCC)=C(\C)CC. The van der Waals surface area contributed by atoms with E-state index in [2.05, 4.69) is 26.7 Å². The third kappa shape index (κ3) is 2.73. The summed E-state index contributed by atoms with van der Waals surface area (Å²) in [7, 11) is 0. The lowest BCUT2D eigenvalue weighted by molar-refractivity contribution is 0.904. The first-order valence-corrected chi connectivity index (χ1v) is 3.91. The Bertz CT molecular complexity index is 155. The number of hydrogen-bond acceptors (Lipinski definition) is 0. The van der Waals surface area contributed by atoms with Crippen molar-refractivity contribution in [3.05, 3.63) is 11.1 Å². The van der Waals surface area contributed by atoms with E-state index in [1.807, 2.05) is 0 Å². The molecule has 0 radical (unpaired) electrons. The van der Waals surface area contributed by atoms with Crippen LogP contribution in [0.4, 0.5) is 0 Å². The van der Waals surface area contributed by atoms with Crippen LogP contribution in [0.15, 0.2) is 11.1 Å². The Hall–Kier alpha value is -0.700. The fourth-order valence-electron chi connectivity index (χ4n) is 0.872. The Morgan fingerprint density at radius 2 is 2.00 bits per heavy atom. The van der Waals surface area contributed by atoms with Gasteiger partial charge in [0.25, 0.3) is 0 Å². The minimum absolute atomic E-state index is 1.07. The van der Waals surface area contributed by atoms with Crippen molar-refractivity contribution >= 4 is 0 Å². The molecule has 0 amide bonds. The quantitative estimate of drug-likeness (QED) is 0.523. The zero-order valence-electron chi connectivity index (χ0n) is 7.20. The third-order valence-corrected chi connectivity index (χ3v) is 1.72. The molecule has 0 aromatic carbocycles. The second-order valence-electron chi connectivity index (χ2n) is 2.51. The Labute approximate surface area is 64.3 Å². The highest BCUT2D eigenvalue weighted by Gasteiger charge is 1.94. The van der Waals surface area contributed by atoms with Crippen LogP contribution < -0.4 is 0 Å². The van der Waals surface area contributed by atoms with Crippen LogP contribution >= 0.6 is 0 Å². The molecule has 0 aliphatic heterocycles. The number of terminal acetylenes is 1. The van der Waals surface area contributed by atoms with E-state index in [4.69, 9.17) is 6.42 Å². The van der Waals surface area contributed by atoms with Gasteiger partial charge in [-0.15, -0.1) is 6.42 Å². The van der Waals surface area contributed by atoms with Crippen LogP contribution in [0.5, 0.6) is 0 Å². The van der Waals surface area contributed by atoms with Gasteiger partial charge in [0, 0.05) is 5.57 Å². The van der Waals surface area contributed by atoms with Crippen molar-refractivity contribution in [2.45, 2.75) is 40.0 Å². The molecule has 0 rings (SSSR count). The van der Waals surface area contributed by atoms with E-state index in [0.717, 1.165) is 19.3 Å². The maximum Gasteiger partial charge on any atom is 0.000661 e. The van der Waals surface area contributed by atoms with Crippen molar-refractivity contribution in [2.24, 2.45) is 0 Å². The van der Waals surface area contributed by atoms with Gasteiger partial charge in [-0.1, -0.05) is 31.8 Å². The van der Waals surface area contributed by atoms with Crippen LogP contribution in [-0.2, 0) is 0 Å². The van der Waals surface area contributed by atoms with E-state index in [9.17, 15) is 0 Å². The Morgan fingerprint density at radius 1 is 1.40 bits per heavy atom. The van der Waals surface area contributed by atoms with Crippen LogP contribution in [0.2, 0.25) is 0 Å². The summed E-state index contributed by atoms with van der Waals surface area (Å²) in [4.78, 5) is 0. The molecule has 10 heavy (non-hydrogen) atoms. The Balaban J connectivity index is 4.19. The molecule has 0 N–H and O–H groups in total. The summed E-state index contributed by atoms with van der Waals surface area (Å²) >= 11 is 0. The molecule has 0 saturated carbocycles. The van der Waals surface area contributed by atoms with E-state index < -0.39 is 0 Å². The summed E-state index contributed by atoms with van der Waals surface area (Å²) in [6, 6.07) is 0. The fourth-order valence-corrected chi connectivity index (χ4v) is 0.872. The number of hydrogen-bond donors (Lipinski definition) is 0. The van der Waals surface area contributed by atoms with Gasteiger partial charge in [-0.05, 0) is 19.8 Å². The predicted molar refractivity (Wildman–Crippen MR) is 46.7 cm³/mol. The van der Waals surface area contributed by atoms with Crippen molar-refractivity contribution < 1.29 is 0 Å². The van der Waals surface area contributed by atoms with E-state index in [-0.39, 0.29) is 0 Å². The summed E-state index contributed by atoms with van der Waals surface area (Å²) in [6.45, 7) is 6.41. The van der Waals surface area contributed by atoms with Gasteiger partial charge in [0.1, 0.15) is 0 Å². The highest BCUT2D eigenvalue weighted by atomic mass is 14.0. The lowest BCUT2D eigenvalue weighted by Crippen LogP contribution is -1.83. The number of allylic oxidation sites excluding steroid dienone is 2. The number of rotatable bonds is 3. The van der Waals surface area contributed by atoms with Crippen molar-refractivity contribution in [1.82, 2.24) is 0 Å². The standard InChI is InChI=1S/C10H16/c1-5-8-10(7-3)9(4)6-2/h3H,5-6,8H2,1-2,4H3/b10-9-. The molecular weight excluding hydrogens is 120 g/mol. The summed E-state index contributed by atoms with van der Waals surface area (Å²) in [5, 5.41) is 0. The second-order valence-corrected chi connectivity index (χ2v) is 2.51.